The summed E-state index contributed by atoms with van der Waals surface area (Å²) in [5.41, 5.74) is 13.0. The molecule has 208 valence electrons. The highest BCUT2D eigenvalue weighted by molar-refractivity contribution is 6.11. The Labute approximate surface area is 257 Å². The van der Waals surface area contributed by atoms with Crippen LogP contribution in [0.2, 0.25) is 0 Å². The zero-order chi connectivity index (χ0) is 29.3. The first-order valence-electron chi connectivity index (χ1n) is 15.0. The Morgan fingerprint density at radius 3 is 1.32 bits per heavy atom. The van der Waals surface area contributed by atoms with Crippen molar-refractivity contribution in [3.63, 3.8) is 0 Å². The minimum Gasteiger partial charge on any atom is -0.356 e. The number of benzene rings is 7. The van der Waals surface area contributed by atoms with Gasteiger partial charge in [-0.3, -0.25) is 0 Å². The van der Waals surface area contributed by atoms with Crippen molar-refractivity contribution in [2.24, 2.45) is 0 Å². The Morgan fingerprint density at radius 1 is 0.318 bits per heavy atom. The molecule has 0 bridgehead atoms. The molecule has 1 aromatic heterocycles. The summed E-state index contributed by atoms with van der Waals surface area (Å²) in [5.74, 6) is 0. The lowest BCUT2D eigenvalue weighted by Gasteiger charge is -2.10. The van der Waals surface area contributed by atoms with Crippen LogP contribution in [0.4, 0.5) is 11.4 Å². The summed E-state index contributed by atoms with van der Waals surface area (Å²) < 4.78 is 2.36. The molecule has 44 heavy (non-hydrogen) atoms. The first-order chi connectivity index (χ1) is 21.8. The number of hydrogen-bond donors (Lipinski definition) is 1. The van der Waals surface area contributed by atoms with Crippen LogP contribution in [-0.2, 0) is 0 Å². The van der Waals surface area contributed by atoms with Gasteiger partial charge in [0.05, 0.1) is 11.0 Å². The highest BCUT2D eigenvalue weighted by Gasteiger charge is 2.14. The third-order valence-electron chi connectivity index (χ3n) is 8.39. The van der Waals surface area contributed by atoms with Crippen molar-refractivity contribution in [3.05, 3.63) is 176 Å². The fourth-order valence-corrected chi connectivity index (χ4v) is 6.16. The van der Waals surface area contributed by atoms with Crippen molar-refractivity contribution in [2.75, 3.05) is 5.32 Å². The smallest absolute Gasteiger partial charge is 0.0542 e. The van der Waals surface area contributed by atoms with Gasteiger partial charge in [0.1, 0.15) is 0 Å². The molecule has 8 aromatic rings. The Hall–Kier alpha value is -5.86. The molecular formula is C42H30N2. The van der Waals surface area contributed by atoms with Gasteiger partial charge in [-0.2, -0.15) is 0 Å². The van der Waals surface area contributed by atoms with Gasteiger partial charge in [0.25, 0.3) is 0 Å². The number of rotatable bonds is 6. The molecule has 0 atom stereocenters. The largest absolute Gasteiger partial charge is 0.356 e. The maximum absolute atomic E-state index is 3.66. The number of fused-ring (bicyclic) bond motifs is 3. The van der Waals surface area contributed by atoms with Crippen LogP contribution in [0.3, 0.4) is 0 Å². The monoisotopic (exact) mass is 562 g/mol. The van der Waals surface area contributed by atoms with E-state index in [1.165, 1.54) is 55.2 Å². The Morgan fingerprint density at radius 2 is 0.727 bits per heavy atom. The topological polar surface area (TPSA) is 17.0 Å². The van der Waals surface area contributed by atoms with E-state index in [4.69, 9.17) is 0 Å². The second-order valence-electron chi connectivity index (χ2n) is 11.1. The summed E-state index contributed by atoms with van der Waals surface area (Å²) in [6, 6.07) is 62.7. The highest BCUT2D eigenvalue weighted by atomic mass is 15.0. The van der Waals surface area contributed by atoms with Crippen LogP contribution in [0, 0.1) is 0 Å². The predicted molar refractivity (Wildman–Crippen MR) is 187 cm³/mol. The number of anilines is 2. The van der Waals surface area contributed by atoms with E-state index in [0.717, 1.165) is 17.1 Å². The maximum Gasteiger partial charge on any atom is 0.0542 e. The van der Waals surface area contributed by atoms with Crippen molar-refractivity contribution in [1.82, 2.24) is 4.57 Å². The average Bonchev–Trinajstić information content (AvgIpc) is 3.43. The van der Waals surface area contributed by atoms with Crippen molar-refractivity contribution < 1.29 is 0 Å². The second kappa shape index (κ2) is 11.1. The van der Waals surface area contributed by atoms with Crippen molar-refractivity contribution >= 4 is 33.2 Å². The molecule has 0 aliphatic heterocycles. The Bertz CT molecular complexity index is 2200. The normalized spacial score (nSPS) is 11.2. The summed E-state index contributed by atoms with van der Waals surface area (Å²) in [5, 5.41) is 6.12. The minimum absolute atomic E-state index is 1.06. The lowest BCUT2D eigenvalue weighted by molar-refractivity contribution is 1.18. The SMILES string of the molecule is c1ccc(-c2ccc(-c3ccc(Nc4ccc5c(c4)c4cc(-c6ccccc6)ccc4n5-c4ccccc4)cc3)cc2)cc1. The van der Waals surface area contributed by atoms with E-state index in [9.17, 15) is 0 Å². The van der Waals surface area contributed by atoms with E-state index >= 15 is 0 Å². The van der Waals surface area contributed by atoms with Crippen LogP contribution in [-0.4, -0.2) is 4.57 Å². The summed E-state index contributed by atoms with van der Waals surface area (Å²) in [7, 11) is 0. The van der Waals surface area contributed by atoms with Crippen LogP contribution in [0.25, 0.3) is 60.9 Å². The summed E-state index contributed by atoms with van der Waals surface area (Å²) >= 11 is 0. The molecule has 8 rings (SSSR count). The summed E-state index contributed by atoms with van der Waals surface area (Å²) in [6.45, 7) is 0. The van der Waals surface area contributed by atoms with Gasteiger partial charge in [-0.1, -0.05) is 121 Å². The van der Waals surface area contributed by atoms with E-state index in [1.807, 2.05) is 0 Å². The van der Waals surface area contributed by atoms with Gasteiger partial charge in [0.2, 0.25) is 0 Å². The predicted octanol–water partition coefficient (Wildman–Crippen LogP) is 11.5. The van der Waals surface area contributed by atoms with Gasteiger partial charge in [-0.05, 0) is 88.0 Å². The van der Waals surface area contributed by atoms with Crippen LogP contribution in [0.5, 0.6) is 0 Å². The summed E-state index contributed by atoms with van der Waals surface area (Å²) in [6.07, 6.45) is 0. The van der Waals surface area contributed by atoms with Crippen molar-refractivity contribution in [3.8, 4) is 39.1 Å². The van der Waals surface area contributed by atoms with Gasteiger partial charge in [0.15, 0.2) is 0 Å². The van der Waals surface area contributed by atoms with E-state index in [0.29, 0.717) is 0 Å². The van der Waals surface area contributed by atoms with Crippen LogP contribution >= 0.6 is 0 Å². The second-order valence-corrected chi connectivity index (χ2v) is 11.1. The molecular weight excluding hydrogens is 532 g/mol. The molecule has 7 aromatic carbocycles. The molecule has 1 N–H and O–H groups in total. The third-order valence-corrected chi connectivity index (χ3v) is 8.39. The zero-order valence-electron chi connectivity index (χ0n) is 24.2. The highest BCUT2D eigenvalue weighted by Crippen LogP contribution is 2.37. The van der Waals surface area contributed by atoms with Gasteiger partial charge < -0.3 is 9.88 Å². The van der Waals surface area contributed by atoms with Crippen molar-refractivity contribution in [1.29, 1.82) is 0 Å². The first-order valence-corrected chi connectivity index (χ1v) is 15.0. The number of aromatic nitrogens is 1. The van der Waals surface area contributed by atoms with E-state index in [2.05, 4.69) is 186 Å². The summed E-state index contributed by atoms with van der Waals surface area (Å²) in [4.78, 5) is 0. The third kappa shape index (κ3) is 4.83. The van der Waals surface area contributed by atoms with Crippen LogP contribution < -0.4 is 5.32 Å². The molecule has 0 amide bonds. The molecule has 0 unspecified atom stereocenters. The standard InChI is InChI=1S/C42H30N2/c1-4-10-30(11-5-1)32-16-18-33(19-17-32)34-20-23-36(24-21-34)43-37-25-27-42-40(29-37)39-28-35(31-12-6-2-7-13-31)22-26-41(39)44(42)38-14-8-3-9-15-38/h1-29,43H. The number of nitrogens with zero attached hydrogens (tertiary/aromatic N) is 1. The molecule has 0 saturated heterocycles. The molecule has 0 spiro atoms. The molecule has 0 radical (unpaired) electrons. The Kier molecular flexibility index (Phi) is 6.51. The molecule has 0 aliphatic rings. The number of para-hydroxylation sites is 1. The average molecular weight is 563 g/mol. The molecule has 1 heterocycles. The molecule has 2 heteroatoms. The van der Waals surface area contributed by atoms with E-state index in [1.54, 1.807) is 0 Å². The zero-order valence-corrected chi connectivity index (χ0v) is 24.2. The van der Waals surface area contributed by atoms with Crippen LogP contribution in [0.1, 0.15) is 0 Å². The van der Waals surface area contributed by atoms with Gasteiger partial charge in [-0.15, -0.1) is 0 Å². The maximum atomic E-state index is 3.66. The molecule has 0 fully saturated rings. The molecule has 2 nitrogen and oxygen atoms in total. The number of nitrogens with one attached hydrogen (secondary N) is 1. The first kappa shape index (κ1) is 25.8. The fourth-order valence-electron chi connectivity index (χ4n) is 6.16. The lowest BCUT2D eigenvalue weighted by Crippen LogP contribution is -1.94. The number of hydrogen-bond acceptors (Lipinski definition) is 1. The molecule has 0 aliphatic carbocycles. The van der Waals surface area contributed by atoms with E-state index < -0.39 is 0 Å². The molecule has 0 saturated carbocycles. The minimum atomic E-state index is 1.06. The van der Waals surface area contributed by atoms with Gasteiger partial charge >= 0.3 is 0 Å². The fraction of sp³-hybridized carbons (Fsp3) is 0. The van der Waals surface area contributed by atoms with E-state index in [-0.39, 0.29) is 0 Å². The van der Waals surface area contributed by atoms with Crippen LogP contribution in [0.15, 0.2) is 176 Å². The van der Waals surface area contributed by atoms with Crippen molar-refractivity contribution in [2.45, 2.75) is 0 Å². The lowest BCUT2D eigenvalue weighted by atomic mass is 10.0. The van der Waals surface area contributed by atoms with Gasteiger partial charge in [0, 0.05) is 27.8 Å². The van der Waals surface area contributed by atoms with Gasteiger partial charge in [-0.25, -0.2) is 0 Å². The quantitative estimate of drug-likeness (QED) is 0.213. The Balaban J connectivity index is 1.13.